The highest BCUT2D eigenvalue weighted by atomic mass is 32.2. The Morgan fingerprint density at radius 2 is 1.70 bits per heavy atom. The van der Waals surface area contributed by atoms with E-state index in [2.05, 4.69) is 17.0 Å². The Morgan fingerprint density at radius 1 is 1.00 bits per heavy atom. The lowest BCUT2D eigenvalue weighted by Gasteiger charge is -2.35. The highest BCUT2D eigenvalue weighted by molar-refractivity contribution is 7.92. The summed E-state index contributed by atoms with van der Waals surface area (Å²) in [6.07, 6.45) is 2.07. The van der Waals surface area contributed by atoms with Crippen molar-refractivity contribution in [3.8, 4) is 0 Å². The standard InChI is InChI=1S/C23H31N3O3S/c1-20-8-6-11-22(18-20)26(30(2,28)29)13-7-12-23(27)25-16-14-24(15-17-25)19-21-9-4-3-5-10-21/h3-6,8-11,18H,7,12-17,19H2,1-2H3. The van der Waals surface area contributed by atoms with Crippen molar-refractivity contribution in [1.29, 1.82) is 0 Å². The van der Waals surface area contributed by atoms with Gasteiger partial charge in [0.1, 0.15) is 0 Å². The van der Waals surface area contributed by atoms with Gasteiger partial charge < -0.3 is 4.90 Å². The summed E-state index contributed by atoms with van der Waals surface area (Å²) >= 11 is 0. The molecular formula is C23H31N3O3S. The molecule has 0 atom stereocenters. The molecule has 1 aliphatic heterocycles. The Hall–Kier alpha value is -2.38. The number of amides is 1. The summed E-state index contributed by atoms with van der Waals surface area (Å²) in [5.74, 6) is 0.104. The van der Waals surface area contributed by atoms with E-state index in [0.717, 1.165) is 38.3 Å². The van der Waals surface area contributed by atoms with Gasteiger partial charge in [0.15, 0.2) is 0 Å². The summed E-state index contributed by atoms with van der Waals surface area (Å²) in [5.41, 5.74) is 2.94. The molecule has 2 aromatic rings. The van der Waals surface area contributed by atoms with Gasteiger partial charge in [0.05, 0.1) is 11.9 Å². The molecule has 30 heavy (non-hydrogen) atoms. The number of hydrogen-bond acceptors (Lipinski definition) is 4. The van der Waals surface area contributed by atoms with Gasteiger partial charge in [0.2, 0.25) is 15.9 Å². The van der Waals surface area contributed by atoms with Crippen molar-refractivity contribution in [2.24, 2.45) is 0 Å². The van der Waals surface area contributed by atoms with Crippen molar-refractivity contribution in [2.75, 3.05) is 43.3 Å². The van der Waals surface area contributed by atoms with E-state index in [1.54, 1.807) is 6.07 Å². The molecule has 1 amide bonds. The van der Waals surface area contributed by atoms with Crippen LogP contribution in [0.15, 0.2) is 54.6 Å². The number of sulfonamides is 1. The van der Waals surface area contributed by atoms with Gasteiger partial charge in [-0.05, 0) is 36.6 Å². The van der Waals surface area contributed by atoms with Crippen LogP contribution in [0.3, 0.4) is 0 Å². The molecular weight excluding hydrogens is 398 g/mol. The molecule has 0 saturated carbocycles. The molecule has 1 fully saturated rings. The molecule has 0 aromatic heterocycles. The minimum Gasteiger partial charge on any atom is -0.340 e. The van der Waals surface area contributed by atoms with Gasteiger partial charge in [0, 0.05) is 45.7 Å². The lowest BCUT2D eigenvalue weighted by atomic mass is 10.2. The summed E-state index contributed by atoms with van der Waals surface area (Å²) < 4.78 is 25.9. The third kappa shape index (κ3) is 6.31. The lowest BCUT2D eigenvalue weighted by molar-refractivity contribution is -0.133. The van der Waals surface area contributed by atoms with Crippen LogP contribution in [0.1, 0.15) is 24.0 Å². The molecule has 1 heterocycles. The minimum absolute atomic E-state index is 0.104. The maximum Gasteiger partial charge on any atom is 0.232 e. The van der Waals surface area contributed by atoms with Gasteiger partial charge in [-0.2, -0.15) is 0 Å². The second-order valence-electron chi connectivity index (χ2n) is 7.92. The number of carbonyl (C=O) groups is 1. The second kappa shape index (κ2) is 10.1. The van der Waals surface area contributed by atoms with Crippen molar-refractivity contribution < 1.29 is 13.2 Å². The summed E-state index contributed by atoms with van der Waals surface area (Å²) in [4.78, 5) is 16.9. The van der Waals surface area contributed by atoms with Crippen molar-refractivity contribution in [3.63, 3.8) is 0 Å². The molecule has 2 aromatic carbocycles. The Labute approximate surface area is 180 Å². The maximum atomic E-state index is 12.6. The Morgan fingerprint density at radius 3 is 2.33 bits per heavy atom. The van der Waals surface area contributed by atoms with Gasteiger partial charge >= 0.3 is 0 Å². The molecule has 6 nitrogen and oxygen atoms in total. The van der Waals surface area contributed by atoms with Crippen LogP contribution < -0.4 is 4.31 Å². The number of aryl methyl sites for hydroxylation is 1. The predicted molar refractivity (Wildman–Crippen MR) is 121 cm³/mol. The third-order valence-corrected chi connectivity index (χ3v) is 6.61. The number of hydrogen-bond donors (Lipinski definition) is 0. The fourth-order valence-electron chi connectivity index (χ4n) is 3.80. The zero-order chi connectivity index (χ0) is 21.6. The van der Waals surface area contributed by atoms with E-state index in [-0.39, 0.29) is 5.91 Å². The summed E-state index contributed by atoms with van der Waals surface area (Å²) in [6.45, 7) is 6.31. The number of carbonyl (C=O) groups excluding carboxylic acids is 1. The predicted octanol–water partition coefficient (Wildman–Crippen LogP) is 2.89. The molecule has 162 valence electrons. The van der Waals surface area contributed by atoms with Crippen LogP contribution in [0.25, 0.3) is 0 Å². The van der Waals surface area contributed by atoms with Crippen LogP contribution in [0.4, 0.5) is 5.69 Å². The van der Waals surface area contributed by atoms with E-state index < -0.39 is 10.0 Å². The average molecular weight is 430 g/mol. The Bertz CT molecular complexity index is 939. The van der Waals surface area contributed by atoms with Crippen molar-refractivity contribution >= 4 is 21.6 Å². The number of anilines is 1. The molecule has 0 N–H and O–H groups in total. The highest BCUT2D eigenvalue weighted by Gasteiger charge is 2.22. The van der Waals surface area contributed by atoms with E-state index in [1.807, 2.05) is 48.2 Å². The quantitative estimate of drug-likeness (QED) is 0.647. The molecule has 7 heteroatoms. The molecule has 1 aliphatic rings. The highest BCUT2D eigenvalue weighted by Crippen LogP contribution is 2.20. The number of benzene rings is 2. The SMILES string of the molecule is Cc1cccc(N(CCCC(=O)N2CCN(Cc3ccccc3)CC2)S(C)(=O)=O)c1. The fraction of sp³-hybridized carbons (Fsp3) is 0.435. The zero-order valence-corrected chi connectivity index (χ0v) is 18.6. The fourth-order valence-corrected chi connectivity index (χ4v) is 4.76. The first-order valence-electron chi connectivity index (χ1n) is 10.4. The summed E-state index contributed by atoms with van der Waals surface area (Å²) in [7, 11) is -3.39. The number of piperazine rings is 1. The minimum atomic E-state index is -3.39. The van der Waals surface area contributed by atoms with E-state index in [1.165, 1.54) is 16.1 Å². The molecule has 3 rings (SSSR count). The van der Waals surface area contributed by atoms with Crippen LogP contribution >= 0.6 is 0 Å². The monoisotopic (exact) mass is 429 g/mol. The van der Waals surface area contributed by atoms with E-state index in [4.69, 9.17) is 0 Å². The van der Waals surface area contributed by atoms with Crippen molar-refractivity contribution in [1.82, 2.24) is 9.80 Å². The van der Waals surface area contributed by atoms with Gasteiger partial charge in [-0.3, -0.25) is 14.0 Å². The Balaban J connectivity index is 1.47. The molecule has 0 bridgehead atoms. The Kier molecular flexibility index (Phi) is 7.50. The van der Waals surface area contributed by atoms with E-state index >= 15 is 0 Å². The van der Waals surface area contributed by atoms with Crippen molar-refractivity contribution in [3.05, 3.63) is 65.7 Å². The van der Waals surface area contributed by atoms with Crippen LogP contribution in [0.2, 0.25) is 0 Å². The maximum absolute atomic E-state index is 12.6. The topological polar surface area (TPSA) is 60.9 Å². The molecule has 0 radical (unpaired) electrons. The first kappa shape index (κ1) is 22.3. The van der Waals surface area contributed by atoms with Gasteiger partial charge in [-0.25, -0.2) is 8.42 Å². The number of nitrogens with zero attached hydrogens (tertiary/aromatic N) is 3. The lowest BCUT2D eigenvalue weighted by Crippen LogP contribution is -2.48. The van der Waals surface area contributed by atoms with Crippen LogP contribution in [0, 0.1) is 6.92 Å². The second-order valence-corrected chi connectivity index (χ2v) is 9.83. The smallest absolute Gasteiger partial charge is 0.232 e. The third-order valence-electron chi connectivity index (χ3n) is 5.42. The molecule has 0 spiro atoms. The molecule has 1 saturated heterocycles. The van der Waals surface area contributed by atoms with Crippen LogP contribution in [-0.2, 0) is 21.4 Å². The van der Waals surface area contributed by atoms with E-state index in [0.29, 0.717) is 25.1 Å². The van der Waals surface area contributed by atoms with Crippen LogP contribution in [-0.4, -0.2) is 63.1 Å². The first-order chi connectivity index (χ1) is 14.3. The van der Waals surface area contributed by atoms with Gasteiger partial charge in [-0.15, -0.1) is 0 Å². The summed E-state index contributed by atoms with van der Waals surface area (Å²) in [5, 5.41) is 0. The largest absolute Gasteiger partial charge is 0.340 e. The van der Waals surface area contributed by atoms with Crippen LogP contribution in [0.5, 0.6) is 0 Å². The number of rotatable bonds is 8. The van der Waals surface area contributed by atoms with Gasteiger partial charge in [0.25, 0.3) is 0 Å². The molecule has 0 aliphatic carbocycles. The van der Waals surface area contributed by atoms with Gasteiger partial charge in [-0.1, -0.05) is 42.5 Å². The normalized spacial score (nSPS) is 15.2. The first-order valence-corrected chi connectivity index (χ1v) is 12.3. The average Bonchev–Trinajstić information content (AvgIpc) is 2.71. The zero-order valence-electron chi connectivity index (χ0n) is 17.8. The molecule has 0 unspecified atom stereocenters. The summed E-state index contributed by atoms with van der Waals surface area (Å²) in [6, 6.07) is 17.8. The van der Waals surface area contributed by atoms with E-state index in [9.17, 15) is 13.2 Å². The van der Waals surface area contributed by atoms with Crippen molar-refractivity contribution in [2.45, 2.75) is 26.3 Å².